The van der Waals surface area contributed by atoms with Gasteiger partial charge in [-0.25, -0.2) is 4.98 Å². The summed E-state index contributed by atoms with van der Waals surface area (Å²) in [7, 11) is 0. The monoisotopic (exact) mass is 253 g/mol. The predicted molar refractivity (Wildman–Crippen MR) is 74.8 cm³/mol. The third-order valence-corrected chi connectivity index (χ3v) is 4.28. The van der Waals surface area contributed by atoms with Gasteiger partial charge in [0.25, 0.3) is 0 Å². The highest BCUT2D eigenvalue weighted by Gasteiger charge is 2.29. The average molecular weight is 253 g/mol. The first-order valence-electron chi connectivity index (χ1n) is 6.74. The van der Waals surface area contributed by atoms with Crippen molar-refractivity contribution in [2.24, 2.45) is 5.73 Å². The molecule has 0 aromatic carbocycles. The molecule has 0 atom stereocenters. The maximum absolute atomic E-state index is 5.83. The van der Waals surface area contributed by atoms with Crippen LogP contribution in [-0.4, -0.2) is 18.1 Å². The first kappa shape index (κ1) is 12.8. The Labute approximate surface area is 108 Å². The molecule has 2 rings (SSSR count). The summed E-state index contributed by atoms with van der Waals surface area (Å²) in [5, 5.41) is 1.19. The number of anilines is 1. The molecule has 1 aliphatic carbocycles. The molecule has 0 saturated heterocycles. The van der Waals surface area contributed by atoms with Gasteiger partial charge in [-0.3, -0.25) is 0 Å². The topological polar surface area (TPSA) is 42.2 Å². The van der Waals surface area contributed by atoms with Crippen molar-refractivity contribution in [3.05, 3.63) is 10.6 Å². The summed E-state index contributed by atoms with van der Waals surface area (Å²) in [6.07, 6.45) is 4.96. The van der Waals surface area contributed by atoms with Crippen molar-refractivity contribution in [3.8, 4) is 0 Å². The molecule has 1 aromatic rings. The number of rotatable bonds is 7. The molecule has 4 heteroatoms. The summed E-state index contributed by atoms with van der Waals surface area (Å²) in [5.41, 5.74) is 7.13. The van der Waals surface area contributed by atoms with Crippen LogP contribution in [0, 0.1) is 0 Å². The van der Waals surface area contributed by atoms with E-state index < -0.39 is 0 Å². The van der Waals surface area contributed by atoms with Crippen LogP contribution in [0.25, 0.3) is 0 Å². The lowest BCUT2D eigenvalue weighted by molar-refractivity contribution is 0.740. The smallest absolute Gasteiger partial charge is 0.185 e. The number of nitrogens with zero attached hydrogens (tertiary/aromatic N) is 2. The van der Waals surface area contributed by atoms with E-state index in [9.17, 15) is 0 Å². The van der Waals surface area contributed by atoms with Crippen molar-refractivity contribution >= 4 is 16.5 Å². The van der Waals surface area contributed by atoms with Gasteiger partial charge >= 0.3 is 0 Å². The molecule has 0 unspecified atom stereocenters. The molecule has 3 nitrogen and oxygen atoms in total. The highest BCUT2D eigenvalue weighted by molar-refractivity contribution is 7.15. The molecule has 0 radical (unpaired) electrons. The van der Waals surface area contributed by atoms with Gasteiger partial charge in [-0.05, 0) is 25.7 Å². The van der Waals surface area contributed by atoms with E-state index in [1.807, 2.05) is 0 Å². The minimum atomic E-state index is 0.648. The number of hydrogen-bond acceptors (Lipinski definition) is 4. The molecule has 0 amide bonds. The summed E-state index contributed by atoms with van der Waals surface area (Å²) >= 11 is 1.81. The van der Waals surface area contributed by atoms with Gasteiger partial charge in [-0.2, -0.15) is 0 Å². The lowest BCUT2D eigenvalue weighted by Gasteiger charge is -2.19. The van der Waals surface area contributed by atoms with Crippen LogP contribution >= 0.6 is 11.3 Å². The SMILES string of the molecule is CCCN(CCC)c1nc(C2CC2)c(CN)s1. The minimum absolute atomic E-state index is 0.648. The van der Waals surface area contributed by atoms with Gasteiger partial charge in [-0.1, -0.05) is 13.8 Å². The molecule has 96 valence electrons. The van der Waals surface area contributed by atoms with Crippen LogP contribution in [0.5, 0.6) is 0 Å². The summed E-state index contributed by atoms with van der Waals surface area (Å²) in [5.74, 6) is 0.712. The second-order valence-electron chi connectivity index (χ2n) is 4.77. The average Bonchev–Trinajstić information content (AvgIpc) is 3.08. The van der Waals surface area contributed by atoms with E-state index in [1.165, 1.54) is 41.4 Å². The Kier molecular flexibility index (Phi) is 4.40. The molecule has 1 saturated carbocycles. The zero-order chi connectivity index (χ0) is 12.3. The first-order valence-corrected chi connectivity index (χ1v) is 7.56. The summed E-state index contributed by atoms with van der Waals surface area (Å²) in [6.45, 7) is 7.31. The van der Waals surface area contributed by atoms with E-state index in [2.05, 4.69) is 18.7 Å². The molecular formula is C13H23N3S. The zero-order valence-electron chi connectivity index (χ0n) is 10.9. The van der Waals surface area contributed by atoms with Crippen LogP contribution in [0.2, 0.25) is 0 Å². The van der Waals surface area contributed by atoms with Crippen LogP contribution in [0.3, 0.4) is 0 Å². The van der Waals surface area contributed by atoms with E-state index in [0.717, 1.165) is 13.1 Å². The Bertz CT molecular complexity index is 352. The predicted octanol–water partition coefficient (Wildman–Crippen LogP) is 3.11. The van der Waals surface area contributed by atoms with Crippen molar-refractivity contribution in [1.29, 1.82) is 0 Å². The van der Waals surface area contributed by atoms with Crippen LogP contribution in [-0.2, 0) is 6.54 Å². The number of nitrogens with two attached hydrogens (primary N) is 1. The molecule has 17 heavy (non-hydrogen) atoms. The normalized spacial score (nSPS) is 15.2. The highest BCUT2D eigenvalue weighted by Crippen LogP contribution is 2.44. The lowest BCUT2D eigenvalue weighted by Crippen LogP contribution is -2.24. The molecule has 1 fully saturated rings. The number of hydrogen-bond donors (Lipinski definition) is 1. The number of aromatic nitrogens is 1. The largest absolute Gasteiger partial charge is 0.348 e. The quantitative estimate of drug-likeness (QED) is 0.812. The third-order valence-electron chi connectivity index (χ3n) is 3.12. The van der Waals surface area contributed by atoms with Gasteiger partial charge in [0, 0.05) is 30.4 Å². The fraction of sp³-hybridized carbons (Fsp3) is 0.769. The first-order chi connectivity index (χ1) is 8.30. The van der Waals surface area contributed by atoms with Gasteiger partial charge in [0.15, 0.2) is 5.13 Å². The van der Waals surface area contributed by atoms with Crippen molar-refractivity contribution in [2.75, 3.05) is 18.0 Å². The second-order valence-corrected chi connectivity index (χ2v) is 5.83. The summed E-state index contributed by atoms with van der Waals surface area (Å²) in [4.78, 5) is 8.56. The molecule has 1 aliphatic rings. The second kappa shape index (κ2) is 5.83. The summed E-state index contributed by atoms with van der Waals surface area (Å²) in [6, 6.07) is 0. The van der Waals surface area contributed by atoms with Gasteiger partial charge in [0.05, 0.1) is 5.69 Å². The van der Waals surface area contributed by atoms with E-state index in [0.29, 0.717) is 12.5 Å². The molecule has 0 spiro atoms. The van der Waals surface area contributed by atoms with Gasteiger partial charge in [0.1, 0.15) is 0 Å². The van der Waals surface area contributed by atoms with Crippen molar-refractivity contribution < 1.29 is 0 Å². The Morgan fingerprint density at radius 1 is 1.29 bits per heavy atom. The van der Waals surface area contributed by atoms with E-state index in [1.54, 1.807) is 11.3 Å². The zero-order valence-corrected chi connectivity index (χ0v) is 11.7. The van der Waals surface area contributed by atoms with Gasteiger partial charge in [-0.15, -0.1) is 11.3 Å². The van der Waals surface area contributed by atoms with Crippen LogP contribution < -0.4 is 10.6 Å². The van der Waals surface area contributed by atoms with E-state index in [4.69, 9.17) is 10.7 Å². The molecule has 0 aliphatic heterocycles. The molecular weight excluding hydrogens is 230 g/mol. The third kappa shape index (κ3) is 2.99. The van der Waals surface area contributed by atoms with Crippen LogP contribution in [0.15, 0.2) is 0 Å². The molecule has 2 N–H and O–H groups in total. The van der Waals surface area contributed by atoms with Crippen molar-refractivity contribution in [2.45, 2.75) is 52.0 Å². The Balaban J connectivity index is 2.17. The fourth-order valence-electron chi connectivity index (χ4n) is 2.15. The Morgan fingerprint density at radius 2 is 1.94 bits per heavy atom. The fourth-order valence-corrected chi connectivity index (χ4v) is 3.23. The van der Waals surface area contributed by atoms with E-state index >= 15 is 0 Å². The van der Waals surface area contributed by atoms with Crippen molar-refractivity contribution in [1.82, 2.24) is 4.98 Å². The minimum Gasteiger partial charge on any atom is -0.348 e. The standard InChI is InChI=1S/C13H23N3S/c1-3-7-16(8-4-2)13-15-12(10-5-6-10)11(9-14)17-13/h10H,3-9,14H2,1-2H3. The van der Waals surface area contributed by atoms with Crippen molar-refractivity contribution in [3.63, 3.8) is 0 Å². The summed E-state index contributed by atoms with van der Waals surface area (Å²) < 4.78 is 0. The van der Waals surface area contributed by atoms with Gasteiger partial charge < -0.3 is 10.6 Å². The highest BCUT2D eigenvalue weighted by atomic mass is 32.1. The molecule has 1 aromatic heterocycles. The van der Waals surface area contributed by atoms with Crippen LogP contribution in [0.4, 0.5) is 5.13 Å². The maximum Gasteiger partial charge on any atom is 0.185 e. The maximum atomic E-state index is 5.83. The number of thiazole rings is 1. The van der Waals surface area contributed by atoms with E-state index in [-0.39, 0.29) is 0 Å². The molecule has 1 heterocycles. The van der Waals surface area contributed by atoms with Gasteiger partial charge in [0.2, 0.25) is 0 Å². The van der Waals surface area contributed by atoms with Crippen LogP contribution in [0.1, 0.15) is 56.0 Å². The Hall–Kier alpha value is -0.610. The molecule has 0 bridgehead atoms. The lowest BCUT2D eigenvalue weighted by atomic mass is 10.2. The Morgan fingerprint density at radius 3 is 2.41 bits per heavy atom.